The number of rotatable bonds is 5. The van der Waals surface area contributed by atoms with Gasteiger partial charge < -0.3 is 5.32 Å². The molecule has 0 bridgehead atoms. The van der Waals surface area contributed by atoms with Gasteiger partial charge in [-0.2, -0.15) is 0 Å². The molecule has 0 unspecified atom stereocenters. The van der Waals surface area contributed by atoms with Gasteiger partial charge in [-0.3, -0.25) is 0 Å². The lowest BCUT2D eigenvalue weighted by Crippen LogP contribution is -2.14. The molecule has 2 nitrogen and oxygen atoms in total. The Morgan fingerprint density at radius 2 is 2.50 bits per heavy atom. The van der Waals surface area contributed by atoms with Crippen molar-refractivity contribution in [2.24, 2.45) is 0 Å². The summed E-state index contributed by atoms with van der Waals surface area (Å²) in [4.78, 5) is 4.36. The summed E-state index contributed by atoms with van der Waals surface area (Å²) in [7, 11) is 0. The number of hydrogen-bond donors (Lipinski definition) is 1. The van der Waals surface area contributed by atoms with Gasteiger partial charge in [-0.15, -0.1) is 11.3 Å². The molecule has 0 aliphatic carbocycles. The molecule has 0 fully saturated rings. The Balaban J connectivity index is 2.15. The lowest BCUT2D eigenvalue weighted by molar-refractivity contribution is 0.678. The fraction of sp³-hybridized carbons (Fsp3) is 0.625. The van der Waals surface area contributed by atoms with Crippen molar-refractivity contribution in [1.29, 1.82) is 0 Å². The monoisotopic (exact) mass is 296 g/mol. The third kappa shape index (κ3) is 3.82. The van der Waals surface area contributed by atoms with Crippen LogP contribution in [0.5, 0.6) is 0 Å². The molecule has 0 saturated carbocycles. The average Bonchev–Trinajstić information content (AvgIpc) is 2.45. The van der Waals surface area contributed by atoms with E-state index in [-0.39, 0.29) is 0 Å². The van der Waals surface area contributed by atoms with Crippen LogP contribution in [0.25, 0.3) is 0 Å². The van der Waals surface area contributed by atoms with Crippen molar-refractivity contribution >= 4 is 33.9 Å². The van der Waals surface area contributed by atoms with E-state index in [0.29, 0.717) is 0 Å². The quantitative estimate of drug-likeness (QED) is 0.512. The normalized spacial score (nSPS) is 10.5. The molecule has 0 aliphatic heterocycles. The van der Waals surface area contributed by atoms with Crippen LogP contribution in [0.1, 0.15) is 17.1 Å². The summed E-state index contributed by atoms with van der Waals surface area (Å²) in [5, 5.41) is 6.65. The number of alkyl halides is 1. The number of hydrogen-bond acceptors (Lipinski definition) is 3. The van der Waals surface area contributed by atoms with Crippen LogP contribution in [-0.4, -0.2) is 16.0 Å². The second kappa shape index (κ2) is 5.88. The van der Waals surface area contributed by atoms with Gasteiger partial charge in [0.05, 0.1) is 0 Å². The van der Waals surface area contributed by atoms with Gasteiger partial charge in [-0.1, -0.05) is 22.6 Å². The van der Waals surface area contributed by atoms with Gasteiger partial charge in [0.15, 0.2) is 0 Å². The molecule has 0 saturated heterocycles. The first-order chi connectivity index (χ1) is 5.83. The fourth-order valence-electron chi connectivity index (χ4n) is 0.871. The van der Waals surface area contributed by atoms with Crippen molar-refractivity contribution in [2.75, 3.05) is 11.0 Å². The maximum Gasteiger partial charge on any atom is 0.107 e. The zero-order chi connectivity index (χ0) is 8.81. The molecule has 0 spiro atoms. The SMILES string of the molecule is Cc1csc(CNCCCI)n1. The molecule has 0 aromatic carbocycles. The number of aryl methyl sites for hydroxylation is 1. The van der Waals surface area contributed by atoms with E-state index in [2.05, 4.69) is 38.3 Å². The molecule has 1 N–H and O–H groups in total. The molecule has 4 heteroatoms. The predicted molar refractivity (Wildman–Crippen MR) is 62.1 cm³/mol. The molecule has 1 aromatic rings. The second-order valence-corrected chi connectivity index (χ2v) is 4.62. The first-order valence-corrected chi connectivity index (χ1v) is 6.41. The minimum absolute atomic E-state index is 0.926. The van der Waals surface area contributed by atoms with Crippen LogP contribution in [0.4, 0.5) is 0 Å². The summed E-state index contributed by atoms with van der Waals surface area (Å²) in [6.45, 7) is 4.06. The summed E-state index contributed by atoms with van der Waals surface area (Å²) in [6.07, 6.45) is 1.24. The van der Waals surface area contributed by atoms with Gasteiger partial charge in [0, 0.05) is 22.0 Å². The zero-order valence-electron chi connectivity index (χ0n) is 7.14. The molecule has 0 atom stereocenters. The molecule has 12 heavy (non-hydrogen) atoms. The molecule has 1 rings (SSSR count). The van der Waals surface area contributed by atoms with Crippen molar-refractivity contribution in [1.82, 2.24) is 10.3 Å². The number of aromatic nitrogens is 1. The van der Waals surface area contributed by atoms with Gasteiger partial charge in [-0.25, -0.2) is 4.98 Å². The third-order valence-electron chi connectivity index (χ3n) is 1.43. The lowest BCUT2D eigenvalue weighted by Gasteiger charge is -1.98. The van der Waals surface area contributed by atoms with Gasteiger partial charge in [0.1, 0.15) is 5.01 Å². The van der Waals surface area contributed by atoms with Gasteiger partial charge in [0.2, 0.25) is 0 Å². The Morgan fingerprint density at radius 1 is 1.67 bits per heavy atom. The Bertz CT molecular complexity index is 225. The van der Waals surface area contributed by atoms with Crippen molar-refractivity contribution in [3.8, 4) is 0 Å². The fourth-order valence-corrected chi connectivity index (χ4v) is 1.99. The van der Waals surface area contributed by atoms with Crippen LogP contribution >= 0.6 is 33.9 Å². The number of nitrogens with one attached hydrogen (secondary N) is 1. The molecule has 0 aliphatic rings. The molecule has 0 amide bonds. The molecular formula is C8H13IN2S. The van der Waals surface area contributed by atoms with E-state index in [0.717, 1.165) is 18.8 Å². The van der Waals surface area contributed by atoms with Gasteiger partial charge in [0.25, 0.3) is 0 Å². The first-order valence-electron chi connectivity index (χ1n) is 4.00. The summed E-state index contributed by atoms with van der Waals surface area (Å²) in [6, 6.07) is 0. The van der Waals surface area contributed by atoms with Gasteiger partial charge >= 0.3 is 0 Å². The number of halogens is 1. The van der Waals surface area contributed by atoms with Crippen LogP contribution in [0.3, 0.4) is 0 Å². The van der Waals surface area contributed by atoms with Crippen molar-refractivity contribution in [3.05, 3.63) is 16.1 Å². The van der Waals surface area contributed by atoms with Gasteiger partial charge in [-0.05, 0) is 19.9 Å². The molecular weight excluding hydrogens is 283 g/mol. The smallest absolute Gasteiger partial charge is 0.107 e. The van der Waals surface area contributed by atoms with Crippen LogP contribution in [0.15, 0.2) is 5.38 Å². The van der Waals surface area contributed by atoms with E-state index in [4.69, 9.17) is 0 Å². The standard InChI is InChI=1S/C8H13IN2S/c1-7-6-12-8(11-7)5-10-4-2-3-9/h6,10H,2-5H2,1H3. The maximum atomic E-state index is 4.36. The third-order valence-corrected chi connectivity index (χ3v) is 3.16. The maximum absolute atomic E-state index is 4.36. The highest BCUT2D eigenvalue weighted by molar-refractivity contribution is 14.1. The average molecular weight is 296 g/mol. The molecule has 0 radical (unpaired) electrons. The van der Waals surface area contributed by atoms with E-state index < -0.39 is 0 Å². The summed E-state index contributed by atoms with van der Waals surface area (Å²) in [5.74, 6) is 0. The predicted octanol–water partition coefficient (Wildman–Crippen LogP) is 2.37. The topological polar surface area (TPSA) is 24.9 Å². The number of nitrogens with zero attached hydrogens (tertiary/aromatic N) is 1. The first kappa shape index (κ1) is 10.4. The van der Waals surface area contributed by atoms with Crippen molar-refractivity contribution < 1.29 is 0 Å². The van der Waals surface area contributed by atoms with E-state index in [9.17, 15) is 0 Å². The largest absolute Gasteiger partial charge is 0.310 e. The highest BCUT2D eigenvalue weighted by atomic mass is 127. The molecule has 1 heterocycles. The van der Waals surface area contributed by atoms with Crippen molar-refractivity contribution in [2.45, 2.75) is 19.9 Å². The van der Waals surface area contributed by atoms with Crippen molar-refractivity contribution in [3.63, 3.8) is 0 Å². The minimum atomic E-state index is 0.926. The highest BCUT2D eigenvalue weighted by Crippen LogP contribution is 2.07. The Kier molecular flexibility index (Phi) is 5.10. The second-order valence-electron chi connectivity index (χ2n) is 2.60. The van der Waals surface area contributed by atoms with Crippen LogP contribution in [0, 0.1) is 6.92 Å². The van der Waals surface area contributed by atoms with E-state index in [1.165, 1.54) is 15.9 Å². The zero-order valence-corrected chi connectivity index (χ0v) is 10.1. The van der Waals surface area contributed by atoms with E-state index in [1.807, 2.05) is 6.92 Å². The minimum Gasteiger partial charge on any atom is -0.310 e. The molecule has 68 valence electrons. The Labute approximate surface area is 90.9 Å². The number of thiazole rings is 1. The highest BCUT2D eigenvalue weighted by Gasteiger charge is 1.96. The molecule has 1 aromatic heterocycles. The van der Waals surface area contributed by atoms with Crippen LogP contribution < -0.4 is 5.32 Å². The summed E-state index contributed by atoms with van der Waals surface area (Å²) in [5.41, 5.74) is 1.13. The Hall–Kier alpha value is 0.320. The lowest BCUT2D eigenvalue weighted by atomic mass is 10.5. The van der Waals surface area contributed by atoms with Crippen LogP contribution in [-0.2, 0) is 6.54 Å². The summed E-state index contributed by atoms with van der Waals surface area (Å²) < 4.78 is 1.22. The summed E-state index contributed by atoms with van der Waals surface area (Å²) >= 11 is 4.13. The van der Waals surface area contributed by atoms with E-state index in [1.54, 1.807) is 11.3 Å². The Morgan fingerprint density at radius 3 is 3.08 bits per heavy atom. The van der Waals surface area contributed by atoms with E-state index >= 15 is 0 Å². The van der Waals surface area contributed by atoms with Crippen LogP contribution in [0.2, 0.25) is 0 Å².